The zero-order valence-electron chi connectivity index (χ0n) is 16.4. The first-order chi connectivity index (χ1) is 14.8. The summed E-state index contributed by atoms with van der Waals surface area (Å²) in [5, 5.41) is 0. The van der Waals surface area contributed by atoms with E-state index < -0.39 is 21.8 Å². The molecule has 4 rings (SSSR count). The van der Waals surface area contributed by atoms with Crippen molar-refractivity contribution in [2.24, 2.45) is 0 Å². The first-order valence-corrected chi connectivity index (χ1v) is 11.1. The topological polar surface area (TPSA) is 63.7 Å². The molecular formula is C23H19F2NO4S. The van der Waals surface area contributed by atoms with Gasteiger partial charge in [0.25, 0.3) is 5.91 Å². The summed E-state index contributed by atoms with van der Waals surface area (Å²) in [4.78, 5) is 14.4. The molecule has 160 valence electrons. The minimum Gasteiger partial charge on any atom is -0.379 e. The summed E-state index contributed by atoms with van der Waals surface area (Å²) in [5.41, 5.74) is 0.932. The van der Waals surface area contributed by atoms with E-state index in [1.165, 1.54) is 30.3 Å². The third kappa shape index (κ3) is 5.08. The van der Waals surface area contributed by atoms with E-state index in [2.05, 4.69) is 0 Å². The van der Waals surface area contributed by atoms with Gasteiger partial charge in [0.05, 0.1) is 0 Å². The van der Waals surface area contributed by atoms with Crippen LogP contribution in [0.2, 0.25) is 0 Å². The van der Waals surface area contributed by atoms with Crippen LogP contribution in [-0.4, -0.2) is 25.3 Å². The Bertz CT molecular complexity index is 1210. The molecule has 3 aromatic rings. The third-order valence-corrected chi connectivity index (χ3v) is 6.14. The first kappa shape index (κ1) is 21.0. The average Bonchev–Trinajstić information content (AvgIpc) is 3.57. The Morgan fingerprint density at radius 1 is 0.935 bits per heavy atom. The molecule has 0 bridgehead atoms. The van der Waals surface area contributed by atoms with Crippen molar-refractivity contribution in [2.75, 3.05) is 0 Å². The number of nitrogens with zero attached hydrogens (tertiary/aromatic N) is 1. The van der Waals surface area contributed by atoms with Crippen molar-refractivity contribution >= 4 is 16.0 Å². The van der Waals surface area contributed by atoms with Crippen LogP contribution in [0.25, 0.3) is 0 Å². The highest BCUT2D eigenvalue weighted by Gasteiger charge is 2.33. The van der Waals surface area contributed by atoms with Gasteiger partial charge in [-0.05, 0) is 73.0 Å². The van der Waals surface area contributed by atoms with Crippen LogP contribution >= 0.6 is 0 Å². The number of halogens is 2. The van der Waals surface area contributed by atoms with E-state index in [1.807, 2.05) is 0 Å². The van der Waals surface area contributed by atoms with Gasteiger partial charge in [0.2, 0.25) is 0 Å². The quantitative estimate of drug-likeness (QED) is 0.503. The fourth-order valence-electron chi connectivity index (χ4n) is 3.21. The predicted molar refractivity (Wildman–Crippen MR) is 110 cm³/mol. The molecule has 0 aliphatic heterocycles. The van der Waals surface area contributed by atoms with Crippen LogP contribution in [0, 0.1) is 11.6 Å². The van der Waals surface area contributed by atoms with Crippen molar-refractivity contribution < 1.29 is 26.2 Å². The van der Waals surface area contributed by atoms with Gasteiger partial charge in [-0.1, -0.05) is 18.2 Å². The maximum atomic E-state index is 13.5. The van der Waals surface area contributed by atoms with Gasteiger partial charge in [0, 0.05) is 18.2 Å². The zero-order chi connectivity index (χ0) is 22.0. The summed E-state index contributed by atoms with van der Waals surface area (Å²) in [5.74, 6) is -1.24. The van der Waals surface area contributed by atoms with E-state index in [0.717, 1.165) is 37.1 Å². The number of hydrogen-bond donors (Lipinski definition) is 0. The minimum atomic E-state index is -4.13. The van der Waals surface area contributed by atoms with Crippen LogP contribution in [0.4, 0.5) is 8.78 Å². The van der Waals surface area contributed by atoms with E-state index in [0.29, 0.717) is 5.56 Å². The van der Waals surface area contributed by atoms with Crippen LogP contribution < -0.4 is 4.18 Å². The second-order valence-corrected chi connectivity index (χ2v) is 8.86. The Hall–Kier alpha value is -3.26. The number of carbonyl (C=O) groups excluding carboxylic acids is 1. The Balaban J connectivity index is 1.53. The van der Waals surface area contributed by atoms with Crippen LogP contribution in [0.15, 0.2) is 77.7 Å². The van der Waals surface area contributed by atoms with Gasteiger partial charge < -0.3 is 9.08 Å². The molecule has 8 heteroatoms. The molecule has 3 aromatic carbocycles. The van der Waals surface area contributed by atoms with Gasteiger partial charge in [-0.3, -0.25) is 4.79 Å². The van der Waals surface area contributed by atoms with E-state index in [-0.39, 0.29) is 34.7 Å². The molecule has 0 aromatic heterocycles. The van der Waals surface area contributed by atoms with Gasteiger partial charge in [0.15, 0.2) is 0 Å². The largest absolute Gasteiger partial charge is 0.379 e. The molecule has 1 aliphatic carbocycles. The Labute approximate surface area is 179 Å². The number of hydrogen-bond acceptors (Lipinski definition) is 4. The van der Waals surface area contributed by atoms with Crippen molar-refractivity contribution in [3.8, 4) is 5.75 Å². The van der Waals surface area contributed by atoms with E-state index >= 15 is 0 Å². The van der Waals surface area contributed by atoms with Gasteiger partial charge in [0.1, 0.15) is 22.3 Å². The van der Waals surface area contributed by atoms with Crippen molar-refractivity contribution in [3.63, 3.8) is 0 Å². The lowest BCUT2D eigenvalue weighted by Gasteiger charge is -2.23. The summed E-state index contributed by atoms with van der Waals surface area (Å²) in [7, 11) is -4.13. The molecule has 0 spiro atoms. The number of benzene rings is 3. The van der Waals surface area contributed by atoms with Gasteiger partial charge in [-0.2, -0.15) is 8.42 Å². The molecule has 31 heavy (non-hydrogen) atoms. The molecule has 0 N–H and O–H groups in total. The molecule has 0 radical (unpaired) electrons. The van der Waals surface area contributed by atoms with Crippen LogP contribution in [0.1, 0.15) is 28.8 Å². The Kier molecular flexibility index (Phi) is 5.73. The number of rotatable bonds is 7. The van der Waals surface area contributed by atoms with E-state index in [1.54, 1.807) is 23.1 Å². The molecule has 5 nitrogen and oxygen atoms in total. The molecule has 0 unspecified atom stereocenters. The highest BCUT2D eigenvalue weighted by Crippen LogP contribution is 2.31. The maximum absolute atomic E-state index is 13.5. The van der Waals surface area contributed by atoms with E-state index in [4.69, 9.17) is 4.18 Å². The van der Waals surface area contributed by atoms with Gasteiger partial charge in [-0.25, -0.2) is 8.78 Å². The predicted octanol–water partition coefficient (Wildman–Crippen LogP) is 4.54. The fourth-order valence-corrected chi connectivity index (χ4v) is 4.13. The summed E-state index contributed by atoms with van der Waals surface area (Å²) in [6.45, 7) is 0.230. The van der Waals surface area contributed by atoms with Gasteiger partial charge >= 0.3 is 10.1 Å². The molecule has 0 heterocycles. The molecule has 1 fully saturated rings. The SMILES string of the molecule is O=C(c1cccc(F)c1)N(Cc1cccc(OS(=O)(=O)c2ccc(F)cc2)c1)C1CC1. The average molecular weight is 443 g/mol. The van der Waals surface area contributed by atoms with Crippen molar-refractivity contribution in [1.82, 2.24) is 4.90 Å². The normalized spacial score (nSPS) is 13.6. The third-order valence-electron chi connectivity index (χ3n) is 4.88. The molecule has 1 amide bonds. The first-order valence-electron chi connectivity index (χ1n) is 9.67. The highest BCUT2D eigenvalue weighted by atomic mass is 32.2. The van der Waals surface area contributed by atoms with E-state index in [9.17, 15) is 22.0 Å². The highest BCUT2D eigenvalue weighted by molar-refractivity contribution is 7.87. The monoisotopic (exact) mass is 443 g/mol. The maximum Gasteiger partial charge on any atom is 0.339 e. The Morgan fingerprint density at radius 2 is 1.65 bits per heavy atom. The number of carbonyl (C=O) groups is 1. The summed E-state index contributed by atoms with van der Waals surface area (Å²) in [6, 6.07) is 16.3. The van der Waals surface area contributed by atoms with Crippen LogP contribution in [-0.2, 0) is 16.7 Å². The summed E-state index contributed by atoms with van der Waals surface area (Å²) in [6.07, 6.45) is 1.71. The van der Waals surface area contributed by atoms with Crippen LogP contribution in [0.3, 0.4) is 0 Å². The molecule has 1 aliphatic rings. The van der Waals surface area contributed by atoms with Crippen molar-refractivity contribution in [1.29, 1.82) is 0 Å². The number of amides is 1. The second-order valence-electron chi connectivity index (χ2n) is 7.31. The minimum absolute atomic E-state index is 0.0586. The molecule has 1 saturated carbocycles. The van der Waals surface area contributed by atoms with Crippen LogP contribution in [0.5, 0.6) is 5.75 Å². The van der Waals surface area contributed by atoms with Crippen molar-refractivity contribution in [3.05, 3.63) is 95.6 Å². The fraction of sp³-hybridized carbons (Fsp3) is 0.174. The summed E-state index contributed by atoms with van der Waals surface area (Å²) < 4.78 is 56.7. The lowest BCUT2D eigenvalue weighted by atomic mass is 10.1. The zero-order valence-corrected chi connectivity index (χ0v) is 17.2. The van der Waals surface area contributed by atoms with Crippen molar-refractivity contribution in [2.45, 2.75) is 30.3 Å². The standard InChI is InChI=1S/C23H19F2NO4S/c24-18-7-11-22(12-8-18)31(28,29)30-21-6-1-3-16(13-21)15-26(20-9-10-20)23(27)17-4-2-5-19(25)14-17/h1-8,11-14,20H,9-10,15H2. The molecule has 0 atom stereocenters. The smallest absolute Gasteiger partial charge is 0.339 e. The summed E-state index contributed by atoms with van der Waals surface area (Å²) >= 11 is 0. The second kappa shape index (κ2) is 8.47. The lowest BCUT2D eigenvalue weighted by molar-refractivity contribution is 0.0729. The van der Waals surface area contributed by atoms with Gasteiger partial charge in [-0.15, -0.1) is 0 Å². The lowest BCUT2D eigenvalue weighted by Crippen LogP contribution is -2.32. The molecule has 0 saturated heterocycles. The molecular weight excluding hydrogens is 424 g/mol. The Morgan fingerprint density at radius 3 is 2.32 bits per heavy atom.